The van der Waals surface area contributed by atoms with Crippen LogP contribution in [0.4, 0.5) is 5.69 Å². The Balaban J connectivity index is 1.78. The highest BCUT2D eigenvalue weighted by Crippen LogP contribution is 2.42. The standard InChI is InChI=1S/C26H35NO3/c1-25(2,3)21-13-17(12-20(14-21)18-8-9-18)16-27-22-11-10-19(15-23(22)29-7)24(28)30-26(4,5)6/h10-15,18,27H,8-9,16H2,1-7H3. The molecular weight excluding hydrogens is 374 g/mol. The zero-order chi connectivity index (χ0) is 22.1. The Morgan fingerprint density at radius 3 is 2.30 bits per heavy atom. The van der Waals surface area contributed by atoms with E-state index in [2.05, 4.69) is 44.3 Å². The maximum absolute atomic E-state index is 12.4. The van der Waals surface area contributed by atoms with Crippen molar-refractivity contribution in [2.75, 3.05) is 12.4 Å². The minimum absolute atomic E-state index is 0.117. The summed E-state index contributed by atoms with van der Waals surface area (Å²) >= 11 is 0. The van der Waals surface area contributed by atoms with Crippen LogP contribution in [0.5, 0.6) is 5.75 Å². The van der Waals surface area contributed by atoms with Gasteiger partial charge in [0, 0.05) is 6.54 Å². The molecule has 0 saturated heterocycles. The Kier molecular flexibility index (Phi) is 6.16. The van der Waals surface area contributed by atoms with E-state index < -0.39 is 5.60 Å². The number of rotatable bonds is 6. The number of carbonyl (C=O) groups is 1. The van der Waals surface area contributed by atoms with Crippen molar-refractivity contribution >= 4 is 11.7 Å². The molecule has 0 bridgehead atoms. The molecule has 0 radical (unpaired) electrons. The summed E-state index contributed by atoms with van der Waals surface area (Å²) in [6, 6.07) is 12.4. The van der Waals surface area contributed by atoms with Crippen LogP contribution < -0.4 is 10.1 Å². The highest BCUT2D eigenvalue weighted by Gasteiger charge is 2.26. The number of anilines is 1. The van der Waals surface area contributed by atoms with Gasteiger partial charge in [-0.1, -0.05) is 39.0 Å². The topological polar surface area (TPSA) is 47.6 Å². The lowest BCUT2D eigenvalue weighted by Gasteiger charge is -2.22. The second kappa shape index (κ2) is 8.33. The molecular formula is C26H35NO3. The summed E-state index contributed by atoms with van der Waals surface area (Å²) in [6.45, 7) is 13.1. The maximum atomic E-state index is 12.4. The zero-order valence-electron chi connectivity index (χ0n) is 19.4. The first kappa shape index (κ1) is 22.2. The molecule has 4 heteroatoms. The number of carbonyl (C=O) groups excluding carboxylic acids is 1. The smallest absolute Gasteiger partial charge is 0.338 e. The fourth-order valence-corrected chi connectivity index (χ4v) is 3.40. The third kappa shape index (κ3) is 5.78. The number of hydrogen-bond acceptors (Lipinski definition) is 4. The van der Waals surface area contributed by atoms with Gasteiger partial charge in [-0.15, -0.1) is 0 Å². The Bertz CT molecular complexity index is 915. The second-order valence-electron chi connectivity index (χ2n) is 10.3. The van der Waals surface area contributed by atoms with Gasteiger partial charge in [-0.05, 0) is 79.8 Å². The van der Waals surface area contributed by atoms with Crippen molar-refractivity contribution in [3.8, 4) is 5.75 Å². The van der Waals surface area contributed by atoms with Gasteiger partial charge in [-0.3, -0.25) is 0 Å². The van der Waals surface area contributed by atoms with E-state index in [9.17, 15) is 4.79 Å². The van der Waals surface area contributed by atoms with Gasteiger partial charge in [0.1, 0.15) is 11.4 Å². The van der Waals surface area contributed by atoms with E-state index >= 15 is 0 Å². The molecule has 1 aliphatic carbocycles. The third-order valence-electron chi connectivity index (χ3n) is 5.25. The molecule has 2 aromatic rings. The lowest BCUT2D eigenvalue weighted by atomic mass is 9.84. The molecule has 0 unspecified atom stereocenters. The van der Waals surface area contributed by atoms with Crippen molar-refractivity contribution < 1.29 is 14.3 Å². The Morgan fingerprint density at radius 1 is 1.03 bits per heavy atom. The summed E-state index contributed by atoms with van der Waals surface area (Å²) < 4.78 is 11.0. The molecule has 30 heavy (non-hydrogen) atoms. The van der Waals surface area contributed by atoms with Crippen molar-refractivity contribution in [3.63, 3.8) is 0 Å². The number of nitrogens with one attached hydrogen (secondary N) is 1. The molecule has 1 saturated carbocycles. The predicted octanol–water partition coefficient (Wildman–Crippen LogP) is 6.44. The average Bonchev–Trinajstić information content (AvgIpc) is 3.49. The monoisotopic (exact) mass is 409 g/mol. The van der Waals surface area contributed by atoms with Gasteiger partial charge in [-0.2, -0.15) is 0 Å². The molecule has 4 nitrogen and oxygen atoms in total. The third-order valence-corrected chi connectivity index (χ3v) is 5.25. The molecule has 1 aliphatic rings. The Hall–Kier alpha value is -2.49. The SMILES string of the molecule is COc1cc(C(=O)OC(C)(C)C)ccc1NCc1cc(C2CC2)cc(C(C)(C)C)c1. The van der Waals surface area contributed by atoms with Crippen molar-refractivity contribution in [2.45, 2.75) is 77.9 Å². The van der Waals surface area contributed by atoms with E-state index in [0.717, 1.165) is 5.69 Å². The van der Waals surface area contributed by atoms with Gasteiger partial charge < -0.3 is 14.8 Å². The van der Waals surface area contributed by atoms with E-state index in [-0.39, 0.29) is 11.4 Å². The van der Waals surface area contributed by atoms with Crippen molar-refractivity contribution in [3.05, 3.63) is 58.7 Å². The number of hydrogen-bond donors (Lipinski definition) is 1. The first-order chi connectivity index (χ1) is 14.0. The highest BCUT2D eigenvalue weighted by atomic mass is 16.6. The summed E-state index contributed by atoms with van der Waals surface area (Å²) in [5.74, 6) is 1.00. The average molecular weight is 410 g/mol. The quantitative estimate of drug-likeness (QED) is 0.558. The summed E-state index contributed by atoms with van der Waals surface area (Å²) in [5.41, 5.74) is 5.02. The number of esters is 1. The van der Waals surface area contributed by atoms with Crippen LogP contribution in [-0.2, 0) is 16.7 Å². The second-order valence-corrected chi connectivity index (χ2v) is 10.3. The van der Waals surface area contributed by atoms with E-state index in [1.807, 2.05) is 26.8 Å². The van der Waals surface area contributed by atoms with Crippen LogP contribution in [0.3, 0.4) is 0 Å². The molecule has 2 aromatic carbocycles. The minimum atomic E-state index is -0.529. The van der Waals surface area contributed by atoms with Crippen LogP contribution in [-0.4, -0.2) is 18.7 Å². The summed E-state index contributed by atoms with van der Waals surface area (Å²) in [5, 5.41) is 3.48. The maximum Gasteiger partial charge on any atom is 0.338 e. The van der Waals surface area contributed by atoms with Gasteiger partial charge in [0.25, 0.3) is 0 Å². The fraction of sp³-hybridized carbons (Fsp3) is 0.500. The predicted molar refractivity (Wildman–Crippen MR) is 123 cm³/mol. The molecule has 0 aliphatic heterocycles. The summed E-state index contributed by atoms with van der Waals surface area (Å²) in [7, 11) is 1.62. The van der Waals surface area contributed by atoms with Gasteiger partial charge in [0.05, 0.1) is 18.4 Å². The van der Waals surface area contributed by atoms with Crippen LogP contribution in [0.1, 0.15) is 87.4 Å². The van der Waals surface area contributed by atoms with Crippen LogP contribution in [0.15, 0.2) is 36.4 Å². The van der Waals surface area contributed by atoms with E-state index in [1.54, 1.807) is 19.2 Å². The lowest BCUT2D eigenvalue weighted by molar-refractivity contribution is 0.00692. The zero-order valence-corrected chi connectivity index (χ0v) is 19.4. The van der Waals surface area contributed by atoms with Crippen LogP contribution >= 0.6 is 0 Å². The van der Waals surface area contributed by atoms with Crippen molar-refractivity contribution in [1.82, 2.24) is 0 Å². The van der Waals surface area contributed by atoms with Gasteiger partial charge in [-0.25, -0.2) is 4.79 Å². The van der Waals surface area contributed by atoms with Crippen molar-refractivity contribution in [2.24, 2.45) is 0 Å². The first-order valence-corrected chi connectivity index (χ1v) is 10.8. The van der Waals surface area contributed by atoms with Gasteiger partial charge >= 0.3 is 5.97 Å². The number of methoxy groups -OCH3 is 1. The number of ether oxygens (including phenoxy) is 2. The molecule has 1 N–H and O–H groups in total. The Morgan fingerprint density at radius 2 is 1.73 bits per heavy atom. The van der Waals surface area contributed by atoms with Crippen LogP contribution in [0.25, 0.3) is 0 Å². The van der Waals surface area contributed by atoms with Gasteiger partial charge in [0.2, 0.25) is 0 Å². The molecule has 3 rings (SSSR count). The molecule has 0 amide bonds. The minimum Gasteiger partial charge on any atom is -0.495 e. The van der Waals surface area contributed by atoms with E-state index in [4.69, 9.17) is 9.47 Å². The van der Waals surface area contributed by atoms with Crippen LogP contribution in [0.2, 0.25) is 0 Å². The van der Waals surface area contributed by atoms with Crippen LogP contribution in [0, 0.1) is 0 Å². The van der Waals surface area contributed by atoms with E-state index in [0.29, 0.717) is 23.8 Å². The summed E-state index contributed by atoms with van der Waals surface area (Å²) in [6.07, 6.45) is 2.58. The van der Waals surface area contributed by atoms with Crippen molar-refractivity contribution in [1.29, 1.82) is 0 Å². The lowest BCUT2D eigenvalue weighted by Crippen LogP contribution is -2.23. The molecule has 0 heterocycles. The molecule has 0 aromatic heterocycles. The fourth-order valence-electron chi connectivity index (χ4n) is 3.40. The molecule has 162 valence electrons. The normalized spacial score (nSPS) is 14.4. The Labute approximate surface area is 181 Å². The number of benzene rings is 2. The van der Waals surface area contributed by atoms with Gasteiger partial charge in [0.15, 0.2) is 0 Å². The first-order valence-electron chi connectivity index (χ1n) is 10.8. The summed E-state index contributed by atoms with van der Waals surface area (Å²) in [4.78, 5) is 12.4. The highest BCUT2D eigenvalue weighted by molar-refractivity contribution is 5.91. The molecule has 0 spiro atoms. The molecule has 1 fully saturated rings. The van der Waals surface area contributed by atoms with E-state index in [1.165, 1.54) is 29.5 Å². The molecule has 0 atom stereocenters. The largest absolute Gasteiger partial charge is 0.495 e.